The molecular formula is C30H52N2O6. The van der Waals surface area contributed by atoms with Crippen LogP contribution in [-0.2, 0) is 16.1 Å². The van der Waals surface area contributed by atoms with E-state index in [1.54, 1.807) is 0 Å². The number of rotatable bonds is 20. The number of benzene rings is 1. The van der Waals surface area contributed by atoms with Gasteiger partial charge in [0.05, 0.1) is 6.61 Å². The molecule has 5 N–H and O–H groups in total. The molecule has 218 valence electrons. The molecule has 1 aromatic rings. The molecule has 1 amide bonds. The summed E-state index contributed by atoms with van der Waals surface area (Å²) >= 11 is 0. The van der Waals surface area contributed by atoms with Gasteiger partial charge in [-0.3, -0.25) is 5.32 Å². The van der Waals surface area contributed by atoms with Crippen molar-refractivity contribution in [1.29, 1.82) is 0 Å². The van der Waals surface area contributed by atoms with E-state index in [4.69, 9.17) is 9.47 Å². The molecule has 5 atom stereocenters. The van der Waals surface area contributed by atoms with Gasteiger partial charge in [0, 0.05) is 0 Å². The summed E-state index contributed by atoms with van der Waals surface area (Å²) in [6.45, 7) is 2.56. The molecule has 1 saturated heterocycles. The highest BCUT2D eigenvalue weighted by atomic mass is 16.6. The minimum atomic E-state index is -1.32. The van der Waals surface area contributed by atoms with Crippen molar-refractivity contribution in [3.8, 4) is 0 Å². The molecule has 0 spiro atoms. The second-order valence-electron chi connectivity index (χ2n) is 10.5. The van der Waals surface area contributed by atoms with Crippen LogP contribution in [0, 0.1) is 0 Å². The van der Waals surface area contributed by atoms with E-state index in [9.17, 15) is 20.1 Å². The largest absolute Gasteiger partial charge is 0.445 e. The number of ether oxygens (including phenoxy) is 2. The van der Waals surface area contributed by atoms with E-state index < -0.39 is 43.3 Å². The smallest absolute Gasteiger partial charge is 0.407 e. The van der Waals surface area contributed by atoms with Crippen LogP contribution >= 0.6 is 0 Å². The normalized spacial score (nSPS) is 23.3. The van der Waals surface area contributed by atoms with Gasteiger partial charge in [0.15, 0.2) is 0 Å². The van der Waals surface area contributed by atoms with Gasteiger partial charge in [-0.15, -0.1) is 0 Å². The SMILES string of the molecule is CCCCCCCCCCCCCCCCN[C@@H]1O[C@H](CO)[C@@H](O)[C@H](O)[C@H]1NC(=O)OCc1ccccc1. The number of carbonyl (C=O) groups is 1. The number of nitrogens with one attached hydrogen (secondary N) is 2. The molecule has 2 rings (SSSR count). The van der Waals surface area contributed by atoms with Crippen molar-refractivity contribution in [2.75, 3.05) is 13.2 Å². The van der Waals surface area contributed by atoms with E-state index in [1.807, 2.05) is 30.3 Å². The zero-order valence-corrected chi connectivity index (χ0v) is 23.4. The summed E-state index contributed by atoms with van der Waals surface area (Å²) in [5, 5.41) is 36.3. The number of aliphatic hydroxyl groups is 3. The van der Waals surface area contributed by atoms with Crippen molar-refractivity contribution < 1.29 is 29.6 Å². The minimum absolute atomic E-state index is 0.0926. The Morgan fingerprint density at radius 2 is 1.39 bits per heavy atom. The monoisotopic (exact) mass is 536 g/mol. The van der Waals surface area contributed by atoms with Gasteiger partial charge in [0.25, 0.3) is 0 Å². The molecule has 38 heavy (non-hydrogen) atoms. The van der Waals surface area contributed by atoms with Gasteiger partial charge in [-0.25, -0.2) is 4.79 Å². The highest BCUT2D eigenvalue weighted by Gasteiger charge is 2.45. The summed E-state index contributed by atoms with van der Waals surface area (Å²) in [6.07, 6.45) is 13.0. The van der Waals surface area contributed by atoms with Gasteiger partial charge >= 0.3 is 6.09 Å². The van der Waals surface area contributed by atoms with Gasteiger partial charge < -0.3 is 30.1 Å². The number of unbranched alkanes of at least 4 members (excludes halogenated alkanes) is 13. The van der Waals surface area contributed by atoms with Crippen molar-refractivity contribution >= 4 is 6.09 Å². The Bertz CT molecular complexity index is 722. The Kier molecular flexibility index (Phi) is 17.3. The van der Waals surface area contributed by atoms with Crippen LogP contribution < -0.4 is 10.6 Å². The molecule has 1 heterocycles. The van der Waals surface area contributed by atoms with Crippen molar-refractivity contribution in [3.63, 3.8) is 0 Å². The van der Waals surface area contributed by atoms with Crippen LogP contribution in [0.1, 0.15) is 102 Å². The number of hydrogen-bond acceptors (Lipinski definition) is 7. The quantitative estimate of drug-likeness (QED) is 0.152. The first-order valence-electron chi connectivity index (χ1n) is 14.9. The van der Waals surface area contributed by atoms with E-state index in [-0.39, 0.29) is 6.61 Å². The summed E-state index contributed by atoms with van der Waals surface area (Å²) in [5.74, 6) is 0. The first-order valence-corrected chi connectivity index (χ1v) is 14.9. The zero-order chi connectivity index (χ0) is 27.4. The molecule has 0 saturated carbocycles. The summed E-state index contributed by atoms with van der Waals surface area (Å²) in [4.78, 5) is 12.4. The predicted molar refractivity (Wildman–Crippen MR) is 150 cm³/mol. The molecule has 0 aliphatic carbocycles. The van der Waals surface area contributed by atoms with E-state index in [2.05, 4.69) is 17.6 Å². The van der Waals surface area contributed by atoms with Crippen LogP contribution in [0.15, 0.2) is 30.3 Å². The maximum Gasteiger partial charge on any atom is 0.407 e. The number of hydrogen-bond donors (Lipinski definition) is 5. The molecule has 1 aliphatic rings. The molecule has 0 aromatic heterocycles. The molecule has 0 bridgehead atoms. The number of amides is 1. The number of aliphatic hydroxyl groups excluding tert-OH is 3. The van der Waals surface area contributed by atoms with Crippen molar-refractivity contribution in [2.24, 2.45) is 0 Å². The number of alkyl carbamates (subject to hydrolysis) is 1. The Balaban J connectivity index is 1.61. The zero-order valence-electron chi connectivity index (χ0n) is 23.4. The minimum Gasteiger partial charge on any atom is -0.445 e. The van der Waals surface area contributed by atoms with E-state index in [1.165, 1.54) is 77.0 Å². The maximum atomic E-state index is 12.4. The standard InChI is InChI=1S/C30H52N2O6/c1-2-3-4-5-6-7-8-9-10-11-12-13-14-18-21-31-29-26(28(35)27(34)25(22-33)38-29)32-30(36)37-23-24-19-16-15-17-20-24/h15-17,19-20,25-29,31,33-35H,2-14,18,21-23H2,1H3,(H,32,36)/t25-,26-,27-,28-,29-/m1/s1. The van der Waals surface area contributed by atoms with E-state index in [0.29, 0.717) is 6.54 Å². The van der Waals surface area contributed by atoms with Crippen LogP contribution in [-0.4, -0.2) is 65.1 Å². The molecule has 1 aromatic carbocycles. The lowest BCUT2D eigenvalue weighted by molar-refractivity contribution is -0.200. The highest BCUT2D eigenvalue weighted by molar-refractivity contribution is 5.67. The lowest BCUT2D eigenvalue weighted by Crippen LogP contribution is -2.67. The van der Waals surface area contributed by atoms with Gasteiger partial charge in [-0.2, -0.15) is 0 Å². The Hall–Kier alpha value is -1.71. The van der Waals surface area contributed by atoms with Crippen LogP contribution in [0.5, 0.6) is 0 Å². The Morgan fingerprint density at radius 3 is 1.95 bits per heavy atom. The third kappa shape index (κ3) is 12.9. The van der Waals surface area contributed by atoms with Crippen LogP contribution in [0.4, 0.5) is 4.79 Å². The van der Waals surface area contributed by atoms with Crippen LogP contribution in [0.25, 0.3) is 0 Å². The molecule has 8 heteroatoms. The van der Waals surface area contributed by atoms with Crippen LogP contribution in [0.2, 0.25) is 0 Å². The summed E-state index contributed by atoms with van der Waals surface area (Å²) in [7, 11) is 0. The highest BCUT2D eigenvalue weighted by Crippen LogP contribution is 2.20. The first kappa shape index (κ1) is 32.5. The average molecular weight is 537 g/mol. The fraction of sp³-hybridized carbons (Fsp3) is 0.767. The molecule has 0 unspecified atom stereocenters. The van der Waals surface area contributed by atoms with Crippen molar-refractivity contribution in [2.45, 2.75) is 134 Å². The summed E-state index contributed by atoms with van der Waals surface area (Å²) < 4.78 is 11.0. The maximum absolute atomic E-state index is 12.4. The molecule has 8 nitrogen and oxygen atoms in total. The fourth-order valence-corrected chi connectivity index (χ4v) is 4.92. The van der Waals surface area contributed by atoms with E-state index >= 15 is 0 Å². The van der Waals surface area contributed by atoms with Gasteiger partial charge in [-0.05, 0) is 18.5 Å². The average Bonchev–Trinajstić information content (AvgIpc) is 2.93. The van der Waals surface area contributed by atoms with Crippen LogP contribution in [0.3, 0.4) is 0 Å². The number of carbonyl (C=O) groups excluding carboxylic acids is 1. The second kappa shape index (κ2) is 20.2. The fourth-order valence-electron chi connectivity index (χ4n) is 4.92. The summed E-state index contributed by atoms with van der Waals surface area (Å²) in [6, 6.07) is 8.38. The lowest BCUT2D eigenvalue weighted by Gasteiger charge is -2.42. The Morgan fingerprint density at radius 1 is 0.842 bits per heavy atom. The molecule has 1 fully saturated rings. The third-order valence-corrected chi connectivity index (χ3v) is 7.30. The van der Waals surface area contributed by atoms with Gasteiger partial charge in [0.2, 0.25) is 0 Å². The summed E-state index contributed by atoms with van der Waals surface area (Å²) in [5.41, 5.74) is 0.843. The molecule has 0 radical (unpaired) electrons. The van der Waals surface area contributed by atoms with Crippen molar-refractivity contribution in [1.82, 2.24) is 10.6 Å². The van der Waals surface area contributed by atoms with Gasteiger partial charge in [-0.1, -0.05) is 121 Å². The molecular weight excluding hydrogens is 484 g/mol. The lowest BCUT2D eigenvalue weighted by atomic mass is 9.96. The third-order valence-electron chi connectivity index (χ3n) is 7.30. The second-order valence-corrected chi connectivity index (χ2v) is 10.5. The Labute approximate surface area is 229 Å². The topological polar surface area (TPSA) is 120 Å². The predicted octanol–water partition coefficient (Wildman–Crippen LogP) is 4.79. The van der Waals surface area contributed by atoms with Crippen molar-refractivity contribution in [3.05, 3.63) is 35.9 Å². The van der Waals surface area contributed by atoms with E-state index in [0.717, 1.165) is 18.4 Å². The van der Waals surface area contributed by atoms with Gasteiger partial charge in [0.1, 0.15) is 37.2 Å². The molecule has 1 aliphatic heterocycles. The first-order chi connectivity index (χ1) is 18.6.